The monoisotopic (exact) mass is 331 g/mol. The van der Waals surface area contributed by atoms with Crippen molar-refractivity contribution in [1.29, 1.82) is 5.41 Å². The van der Waals surface area contributed by atoms with Gasteiger partial charge in [0.2, 0.25) is 0 Å². The first-order chi connectivity index (χ1) is 11.4. The lowest BCUT2D eigenvalue weighted by atomic mass is 9.81. The first-order valence-corrected chi connectivity index (χ1v) is 8.03. The summed E-state index contributed by atoms with van der Waals surface area (Å²) in [5.41, 5.74) is 7.01. The summed E-state index contributed by atoms with van der Waals surface area (Å²) in [6.45, 7) is 7.04. The second-order valence-corrected chi connectivity index (χ2v) is 6.60. The quantitative estimate of drug-likeness (QED) is 0.637. The second-order valence-electron chi connectivity index (χ2n) is 6.60. The summed E-state index contributed by atoms with van der Waals surface area (Å²) in [4.78, 5) is 13.9. The maximum Gasteiger partial charge on any atom is 0.250 e. The molecule has 24 heavy (non-hydrogen) atoms. The highest BCUT2D eigenvalue weighted by atomic mass is 19.1. The van der Waals surface area contributed by atoms with Crippen LogP contribution >= 0.6 is 0 Å². The molecule has 1 unspecified atom stereocenters. The smallest absolute Gasteiger partial charge is 0.250 e. The molecule has 3 rings (SSSR count). The average molecular weight is 331 g/mol. The van der Waals surface area contributed by atoms with E-state index in [1.54, 1.807) is 0 Å². The number of carbonyl (C=O) groups is 1. The van der Waals surface area contributed by atoms with Gasteiger partial charge >= 0.3 is 0 Å². The Morgan fingerprint density at radius 3 is 2.83 bits per heavy atom. The molecule has 1 atom stereocenters. The second kappa shape index (κ2) is 5.90. The molecule has 6 nitrogen and oxygen atoms in total. The van der Waals surface area contributed by atoms with Gasteiger partial charge in [-0.3, -0.25) is 4.79 Å². The van der Waals surface area contributed by atoms with Gasteiger partial charge in [-0.05, 0) is 31.6 Å². The Labute approximate surface area is 140 Å². The summed E-state index contributed by atoms with van der Waals surface area (Å²) < 4.78 is 13.7. The summed E-state index contributed by atoms with van der Waals surface area (Å²) in [7, 11) is 0. The molecular formula is C17H22FN5O. The van der Waals surface area contributed by atoms with Crippen LogP contribution in [-0.2, 0) is 0 Å². The van der Waals surface area contributed by atoms with Crippen LogP contribution in [0.4, 0.5) is 15.8 Å². The zero-order valence-electron chi connectivity index (χ0n) is 13.9. The van der Waals surface area contributed by atoms with E-state index < -0.39 is 11.7 Å². The number of nitrogens with two attached hydrogens (primary N) is 1. The number of nitrogens with one attached hydrogen (secondary N) is 3. The molecular weight excluding hydrogens is 309 g/mol. The van der Waals surface area contributed by atoms with Crippen LogP contribution in [0.15, 0.2) is 23.5 Å². The van der Waals surface area contributed by atoms with E-state index >= 15 is 0 Å². The first-order valence-electron chi connectivity index (χ1n) is 8.03. The van der Waals surface area contributed by atoms with Crippen LogP contribution in [0.5, 0.6) is 0 Å². The van der Waals surface area contributed by atoms with Crippen LogP contribution in [0.25, 0.3) is 0 Å². The molecule has 5 N–H and O–H groups in total. The molecule has 2 aliphatic rings. The molecule has 0 aromatic heterocycles. The fourth-order valence-corrected chi connectivity index (χ4v) is 3.55. The van der Waals surface area contributed by atoms with Crippen LogP contribution in [0.2, 0.25) is 0 Å². The minimum Gasteiger partial charge on any atom is -0.366 e. The van der Waals surface area contributed by atoms with Crippen molar-refractivity contribution in [3.63, 3.8) is 0 Å². The van der Waals surface area contributed by atoms with Gasteiger partial charge in [0, 0.05) is 23.7 Å². The normalized spacial score (nSPS) is 25.0. The Kier molecular flexibility index (Phi) is 4.04. The number of benzene rings is 1. The predicted molar refractivity (Wildman–Crippen MR) is 92.8 cm³/mol. The number of likely N-dealkylation sites (tertiary alicyclic amines) is 1. The van der Waals surface area contributed by atoms with Crippen molar-refractivity contribution in [2.24, 2.45) is 11.1 Å². The van der Waals surface area contributed by atoms with E-state index in [-0.39, 0.29) is 11.0 Å². The Balaban J connectivity index is 2.01. The molecule has 1 amide bonds. The van der Waals surface area contributed by atoms with Crippen molar-refractivity contribution in [2.75, 3.05) is 30.3 Å². The van der Waals surface area contributed by atoms with E-state index in [9.17, 15) is 9.18 Å². The van der Waals surface area contributed by atoms with Crippen molar-refractivity contribution in [2.45, 2.75) is 20.3 Å². The molecule has 1 aromatic rings. The molecule has 1 fully saturated rings. The largest absolute Gasteiger partial charge is 0.366 e. The lowest BCUT2D eigenvalue weighted by molar-refractivity contribution is 0.100. The number of hydrogen-bond acceptors (Lipinski definition) is 5. The highest BCUT2D eigenvalue weighted by molar-refractivity contribution is 6.04. The SMILES string of the molecule is CCN1CCC(C)(/C(C=N)=C2\Nc3cc(F)cc(C(N)=O)c3N2)C1. The summed E-state index contributed by atoms with van der Waals surface area (Å²) in [6, 6.07) is 2.44. The standard InChI is InChI=1S/C17H22FN5O/c1-3-23-5-4-17(2,9-23)12(8-19)16-21-13-7-10(18)6-11(15(20)24)14(13)22-16/h6-8,19,21-22H,3-5,9H2,1-2H3,(H2,20,24)/b16-12+,19-8?. The van der Waals surface area contributed by atoms with E-state index in [0.717, 1.165) is 37.7 Å². The van der Waals surface area contributed by atoms with Gasteiger partial charge in [-0.1, -0.05) is 13.8 Å². The predicted octanol–water partition coefficient (Wildman–Crippen LogP) is 2.36. The number of hydrogen-bond donors (Lipinski definition) is 4. The number of primary amides is 1. The van der Waals surface area contributed by atoms with Gasteiger partial charge in [-0.15, -0.1) is 0 Å². The summed E-state index contributed by atoms with van der Waals surface area (Å²) >= 11 is 0. The van der Waals surface area contributed by atoms with E-state index in [0.29, 0.717) is 17.2 Å². The van der Waals surface area contributed by atoms with Crippen molar-refractivity contribution >= 4 is 23.5 Å². The third-order valence-electron chi connectivity index (χ3n) is 4.94. The number of nitrogens with zero attached hydrogens (tertiary/aromatic N) is 1. The summed E-state index contributed by atoms with van der Waals surface area (Å²) in [6.07, 6.45) is 2.27. The van der Waals surface area contributed by atoms with Gasteiger partial charge in [-0.2, -0.15) is 0 Å². The van der Waals surface area contributed by atoms with Gasteiger partial charge in [0.15, 0.2) is 0 Å². The molecule has 0 saturated carbocycles. The summed E-state index contributed by atoms with van der Waals surface area (Å²) in [5, 5.41) is 14.1. The summed E-state index contributed by atoms with van der Waals surface area (Å²) in [5.74, 6) is -0.603. The van der Waals surface area contributed by atoms with Crippen LogP contribution in [-0.4, -0.2) is 36.7 Å². The molecule has 0 spiro atoms. The van der Waals surface area contributed by atoms with E-state index in [2.05, 4.69) is 29.4 Å². The van der Waals surface area contributed by atoms with Gasteiger partial charge in [0.05, 0.1) is 16.9 Å². The number of rotatable bonds is 4. The third-order valence-corrected chi connectivity index (χ3v) is 4.94. The Hall–Kier alpha value is -2.41. The van der Waals surface area contributed by atoms with Crippen LogP contribution in [0, 0.1) is 16.6 Å². The van der Waals surface area contributed by atoms with Gasteiger partial charge in [-0.25, -0.2) is 4.39 Å². The molecule has 2 aliphatic heterocycles. The maximum atomic E-state index is 13.7. The third kappa shape index (κ3) is 2.65. The van der Waals surface area contributed by atoms with Gasteiger partial charge in [0.1, 0.15) is 11.6 Å². The number of halogens is 1. The zero-order chi connectivity index (χ0) is 17.5. The van der Waals surface area contributed by atoms with Crippen LogP contribution in [0.3, 0.4) is 0 Å². The topological polar surface area (TPSA) is 94.2 Å². The Morgan fingerprint density at radius 2 is 2.25 bits per heavy atom. The highest BCUT2D eigenvalue weighted by Gasteiger charge is 2.38. The Bertz CT molecular complexity index is 745. The van der Waals surface area contributed by atoms with Gasteiger partial charge < -0.3 is 26.7 Å². The van der Waals surface area contributed by atoms with Crippen molar-refractivity contribution in [3.8, 4) is 0 Å². The molecule has 1 aromatic carbocycles. The molecule has 1 saturated heterocycles. The van der Waals surface area contributed by atoms with Crippen molar-refractivity contribution in [1.82, 2.24) is 4.90 Å². The van der Waals surface area contributed by atoms with E-state index in [1.165, 1.54) is 12.3 Å². The molecule has 0 aliphatic carbocycles. The lowest BCUT2D eigenvalue weighted by Gasteiger charge is -2.27. The van der Waals surface area contributed by atoms with Crippen LogP contribution < -0.4 is 16.4 Å². The molecule has 7 heteroatoms. The fraction of sp³-hybridized carbons (Fsp3) is 0.412. The highest BCUT2D eigenvalue weighted by Crippen LogP contribution is 2.42. The molecule has 0 bridgehead atoms. The number of anilines is 2. The average Bonchev–Trinajstić information content (AvgIpc) is 3.11. The van der Waals surface area contributed by atoms with Crippen molar-refractivity contribution < 1.29 is 9.18 Å². The number of fused-ring (bicyclic) bond motifs is 1. The maximum absolute atomic E-state index is 13.7. The number of carbonyl (C=O) groups excluding carboxylic acids is 1. The molecule has 2 heterocycles. The van der Waals surface area contributed by atoms with Crippen LogP contribution in [0.1, 0.15) is 30.6 Å². The van der Waals surface area contributed by atoms with E-state index in [4.69, 9.17) is 11.1 Å². The minimum absolute atomic E-state index is 0.101. The minimum atomic E-state index is -0.693. The van der Waals surface area contributed by atoms with Gasteiger partial charge in [0.25, 0.3) is 5.91 Å². The Morgan fingerprint density at radius 1 is 1.50 bits per heavy atom. The first kappa shape index (κ1) is 16.4. The number of amides is 1. The fourth-order valence-electron chi connectivity index (χ4n) is 3.55. The zero-order valence-corrected chi connectivity index (χ0v) is 13.9. The van der Waals surface area contributed by atoms with Crippen molar-refractivity contribution in [3.05, 3.63) is 34.9 Å². The van der Waals surface area contributed by atoms with E-state index in [1.807, 2.05) is 0 Å². The molecule has 0 radical (unpaired) electrons. The molecule has 128 valence electrons. The lowest BCUT2D eigenvalue weighted by Crippen LogP contribution is -2.29.